The molecule has 33 heavy (non-hydrogen) atoms. The summed E-state index contributed by atoms with van der Waals surface area (Å²) < 4.78 is 6.79. The van der Waals surface area contributed by atoms with Crippen LogP contribution in [0, 0.1) is 6.92 Å². The first-order chi connectivity index (χ1) is 15.9. The van der Waals surface area contributed by atoms with E-state index >= 15 is 0 Å². The molecule has 3 aromatic heterocycles. The first kappa shape index (κ1) is 22.1. The second-order valence-corrected chi connectivity index (χ2v) is 7.87. The predicted molar refractivity (Wildman–Crippen MR) is 127 cm³/mol. The van der Waals surface area contributed by atoms with E-state index in [1.807, 2.05) is 36.2 Å². The summed E-state index contributed by atoms with van der Waals surface area (Å²) in [6, 6.07) is 5.79. The molecular weight excluding hydrogens is 420 g/mol. The number of carbonyl (C=O) groups is 1. The molecule has 0 aromatic carbocycles. The van der Waals surface area contributed by atoms with E-state index in [9.17, 15) is 4.79 Å². The monoisotopic (exact) mass is 448 g/mol. The number of anilines is 3. The van der Waals surface area contributed by atoms with Crippen LogP contribution in [0.3, 0.4) is 0 Å². The Balaban J connectivity index is 1.41. The molecule has 1 amide bonds. The van der Waals surface area contributed by atoms with Gasteiger partial charge in [0.1, 0.15) is 11.3 Å². The number of carbonyl (C=O) groups excluding carboxylic acids is 1. The number of nitrogens with zero attached hydrogens (tertiary/aromatic N) is 6. The molecule has 1 aliphatic rings. The number of allylic oxidation sites excluding steroid dienone is 2. The van der Waals surface area contributed by atoms with Crippen molar-refractivity contribution >= 4 is 29.0 Å². The minimum absolute atomic E-state index is 0.0466. The molecule has 1 saturated heterocycles. The van der Waals surface area contributed by atoms with Gasteiger partial charge in [-0.25, -0.2) is 4.52 Å². The molecule has 0 saturated carbocycles. The lowest BCUT2D eigenvalue weighted by atomic mass is 10.1. The molecule has 172 valence electrons. The van der Waals surface area contributed by atoms with Crippen molar-refractivity contribution in [3.8, 4) is 0 Å². The Bertz CT molecular complexity index is 1200. The highest BCUT2D eigenvalue weighted by atomic mass is 16.5. The van der Waals surface area contributed by atoms with Crippen molar-refractivity contribution in [3.63, 3.8) is 0 Å². The summed E-state index contributed by atoms with van der Waals surface area (Å²) in [6.45, 7) is 12.1. The summed E-state index contributed by atoms with van der Waals surface area (Å²) in [5.74, 6) is 2.54. The fraction of sp³-hybridized carbons (Fsp3) is 0.304. The number of aromatic nitrogens is 5. The number of hydrogen-bond donors (Lipinski definition) is 2. The lowest BCUT2D eigenvalue weighted by molar-refractivity contribution is -0.130. The van der Waals surface area contributed by atoms with Crippen LogP contribution in [-0.2, 0) is 9.53 Å². The average molecular weight is 449 g/mol. The van der Waals surface area contributed by atoms with Crippen LogP contribution in [0.25, 0.3) is 5.52 Å². The van der Waals surface area contributed by atoms with Crippen molar-refractivity contribution in [3.05, 3.63) is 66.7 Å². The molecule has 1 fully saturated rings. The highest BCUT2D eigenvalue weighted by Crippen LogP contribution is 2.23. The number of methoxy groups -OCH3 is 1. The lowest BCUT2D eigenvalue weighted by Crippen LogP contribution is -2.49. The van der Waals surface area contributed by atoms with E-state index in [1.54, 1.807) is 23.8 Å². The van der Waals surface area contributed by atoms with Gasteiger partial charge in [0.2, 0.25) is 11.9 Å². The number of hydrogen-bond acceptors (Lipinski definition) is 7. The molecule has 1 aliphatic heterocycles. The van der Waals surface area contributed by atoms with Crippen LogP contribution in [0.5, 0.6) is 0 Å². The largest absolute Gasteiger partial charge is 0.497 e. The van der Waals surface area contributed by atoms with Crippen LogP contribution in [-0.4, -0.2) is 68.9 Å². The van der Waals surface area contributed by atoms with E-state index in [4.69, 9.17) is 9.72 Å². The Labute approximate surface area is 192 Å². The number of aryl methyl sites for hydroxylation is 1. The zero-order valence-corrected chi connectivity index (χ0v) is 18.9. The number of amides is 1. The number of nitrogens with one attached hydrogen (secondary N) is 2. The fourth-order valence-corrected chi connectivity index (χ4v) is 3.55. The smallest absolute Gasteiger partial charge is 0.245 e. The van der Waals surface area contributed by atoms with Crippen molar-refractivity contribution in [2.24, 2.45) is 0 Å². The summed E-state index contributed by atoms with van der Waals surface area (Å²) in [5.41, 5.74) is 2.53. The Morgan fingerprint density at radius 1 is 1.27 bits per heavy atom. The van der Waals surface area contributed by atoms with Gasteiger partial charge in [-0.2, -0.15) is 10.1 Å². The lowest BCUT2D eigenvalue weighted by Gasteiger charge is -2.35. The van der Waals surface area contributed by atoms with Crippen LogP contribution in [0.15, 0.2) is 61.0 Å². The van der Waals surface area contributed by atoms with Gasteiger partial charge in [0.25, 0.3) is 0 Å². The van der Waals surface area contributed by atoms with E-state index in [0.29, 0.717) is 55.1 Å². The highest BCUT2D eigenvalue weighted by Gasteiger charge is 2.24. The van der Waals surface area contributed by atoms with Crippen molar-refractivity contribution < 1.29 is 9.53 Å². The van der Waals surface area contributed by atoms with Gasteiger partial charge in [-0.15, -0.1) is 5.10 Å². The molecule has 0 aliphatic carbocycles. The van der Waals surface area contributed by atoms with Gasteiger partial charge < -0.3 is 19.9 Å². The van der Waals surface area contributed by atoms with E-state index in [1.165, 1.54) is 0 Å². The standard InChI is InChI=1S/C23H28N8O2/c1-16(7-8-18(3)33-4)14-21(32)29-10-12-30(13-11-29)23-25-22(19-6-5-9-31(19)28-23)24-20-15-17(2)26-27-20/h5-9,15H,1,3,10-14H2,2,4H3,(H2,24,25,26,27,28)/b8-7-. The Hall–Kier alpha value is -4.08. The third-order valence-electron chi connectivity index (χ3n) is 5.39. The zero-order valence-electron chi connectivity index (χ0n) is 18.9. The summed E-state index contributed by atoms with van der Waals surface area (Å²) in [5, 5.41) is 15.1. The maximum atomic E-state index is 12.7. The van der Waals surface area contributed by atoms with Crippen molar-refractivity contribution in [2.45, 2.75) is 13.3 Å². The van der Waals surface area contributed by atoms with Crippen LogP contribution >= 0.6 is 0 Å². The van der Waals surface area contributed by atoms with Crippen molar-refractivity contribution in [2.75, 3.05) is 43.5 Å². The van der Waals surface area contributed by atoms with Gasteiger partial charge >= 0.3 is 0 Å². The molecule has 2 N–H and O–H groups in total. The molecule has 3 aromatic rings. The van der Waals surface area contributed by atoms with E-state index in [0.717, 1.165) is 11.2 Å². The van der Waals surface area contributed by atoms with Crippen LogP contribution in [0.2, 0.25) is 0 Å². The van der Waals surface area contributed by atoms with Crippen molar-refractivity contribution in [1.82, 2.24) is 29.7 Å². The quantitative estimate of drug-likeness (QED) is 0.403. The highest BCUT2D eigenvalue weighted by molar-refractivity contribution is 5.79. The number of fused-ring (bicyclic) bond motifs is 1. The summed E-state index contributed by atoms with van der Waals surface area (Å²) in [7, 11) is 1.55. The molecule has 10 nitrogen and oxygen atoms in total. The Morgan fingerprint density at radius 2 is 2.06 bits per heavy atom. The Kier molecular flexibility index (Phi) is 6.43. The zero-order chi connectivity index (χ0) is 23.4. The number of piperazine rings is 1. The number of ether oxygens (including phenoxy) is 1. The predicted octanol–water partition coefficient (Wildman–Crippen LogP) is 2.82. The third-order valence-corrected chi connectivity index (χ3v) is 5.39. The average Bonchev–Trinajstić information content (AvgIpc) is 3.46. The molecule has 4 heterocycles. The molecule has 0 unspecified atom stereocenters. The molecule has 4 rings (SSSR count). The maximum absolute atomic E-state index is 12.7. The van der Waals surface area contributed by atoms with Gasteiger partial charge in [-0.05, 0) is 30.7 Å². The minimum Gasteiger partial charge on any atom is -0.497 e. The maximum Gasteiger partial charge on any atom is 0.245 e. The first-order valence-corrected chi connectivity index (χ1v) is 10.7. The second-order valence-electron chi connectivity index (χ2n) is 7.87. The fourth-order valence-electron chi connectivity index (χ4n) is 3.55. The van der Waals surface area contributed by atoms with Gasteiger partial charge in [0.05, 0.1) is 13.5 Å². The molecule has 0 bridgehead atoms. The summed E-state index contributed by atoms with van der Waals surface area (Å²) >= 11 is 0. The number of H-pyrrole nitrogens is 1. The van der Waals surface area contributed by atoms with E-state index < -0.39 is 0 Å². The molecule has 0 radical (unpaired) electrons. The van der Waals surface area contributed by atoms with Crippen LogP contribution in [0.1, 0.15) is 12.1 Å². The third kappa shape index (κ3) is 5.22. The number of aromatic amines is 1. The first-order valence-electron chi connectivity index (χ1n) is 10.7. The SMILES string of the molecule is C=C(/C=C\C(=C)OC)CC(=O)N1CCN(c2nc(Nc3cc(C)[nH]n3)c3cccn3n2)CC1. The molecule has 0 atom stereocenters. The number of rotatable bonds is 8. The second kappa shape index (κ2) is 9.60. The van der Waals surface area contributed by atoms with Gasteiger partial charge in [0.15, 0.2) is 11.6 Å². The minimum atomic E-state index is 0.0466. The molecule has 10 heteroatoms. The topological polar surface area (TPSA) is 104 Å². The van der Waals surface area contributed by atoms with E-state index in [-0.39, 0.29) is 12.3 Å². The van der Waals surface area contributed by atoms with Gasteiger partial charge in [0, 0.05) is 44.1 Å². The van der Waals surface area contributed by atoms with Crippen molar-refractivity contribution in [1.29, 1.82) is 0 Å². The summed E-state index contributed by atoms with van der Waals surface area (Å²) in [6.07, 6.45) is 5.61. The van der Waals surface area contributed by atoms with Gasteiger partial charge in [-0.3, -0.25) is 9.89 Å². The van der Waals surface area contributed by atoms with Crippen LogP contribution < -0.4 is 10.2 Å². The molecular formula is C23H28N8O2. The van der Waals surface area contributed by atoms with Gasteiger partial charge in [-0.1, -0.05) is 19.2 Å². The van der Waals surface area contributed by atoms with Crippen LogP contribution in [0.4, 0.5) is 17.6 Å². The van der Waals surface area contributed by atoms with E-state index in [2.05, 4.69) is 38.7 Å². The normalized spacial score (nSPS) is 14.1. The molecule has 0 spiro atoms. The summed E-state index contributed by atoms with van der Waals surface area (Å²) in [4.78, 5) is 21.4. The Morgan fingerprint density at radius 3 is 2.76 bits per heavy atom.